The first-order valence-corrected chi connectivity index (χ1v) is 8.74. The maximum absolute atomic E-state index is 12.1. The quantitative estimate of drug-likeness (QED) is 0.307. The summed E-state index contributed by atoms with van der Waals surface area (Å²) in [6.45, 7) is 0.125. The summed E-state index contributed by atoms with van der Waals surface area (Å²) in [4.78, 5) is 48.3. The van der Waals surface area contributed by atoms with Crippen LogP contribution >= 0.6 is 0 Å². The summed E-state index contributed by atoms with van der Waals surface area (Å²) in [7, 11) is 0. The average Bonchev–Trinajstić information content (AvgIpc) is 3.27. The maximum atomic E-state index is 12.1. The summed E-state index contributed by atoms with van der Waals surface area (Å²) in [5, 5.41) is 30.1. The van der Waals surface area contributed by atoms with Crippen LogP contribution in [-0.4, -0.2) is 44.9 Å². The van der Waals surface area contributed by atoms with Crippen LogP contribution < -0.4 is 10.6 Å². The van der Waals surface area contributed by atoms with Crippen molar-refractivity contribution in [2.24, 2.45) is 0 Å². The van der Waals surface area contributed by atoms with Gasteiger partial charge in [0.15, 0.2) is 0 Å². The van der Waals surface area contributed by atoms with Gasteiger partial charge in [-0.25, -0.2) is 0 Å². The van der Waals surface area contributed by atoms with E-state index in [1.807, 2.05) is 0 Å². The third-order valence-corrected chi connectivity index (χ3v) is 3.97. The zero-order valence-electron chi connectivity index (χ0n) is 15.7. The Morgan fingerprint density at radius 3 is 2.19 bits per heavy atom. The minimum absolute atomic E-state index is 0.0142. The predicted octanol–water partition coefficient (Wildman–Crippen LogP) is 1.71. The third kappa shape index (κ3) is 5.23. The minimum atomic E-state index is -0.686. The van der Waals surface area contributed by atoms with Crippen LogP contribution in [0.4, 0.5) is 11.4 Å². The van der Waals surface area contributed by atoms with Crippen molar-refractivity contribution in [2.45, 2.75) is 0 Å². The van der Waals surface area contributed by atoms with E-state index in [0.717, 1.165) is 0 Å². The highest BCUT2D eigenvalue weighted by Crippen LogP contribution is 2.21. The molecule has 0 aliphatic carbocycles. The number of benzene rings is 2. The molecule has 1 aromatic heterocycles. The highest BCUT2D eigenvalue weighted by Gasteiger charge is 2.17. The molecule has 2 N–H and O–H groups in total. The molecule has 0 radical (unpaired) electrons. The van der Waals surface area contributed by atoms with E-state index in [1.165, 1.54) is 48.5 Å². The molecule has 1 heterocycles. The Morgan fingerprint density at radius 1 is 0.903 bits per heavy atom. The number of carbonyl (C=O) groups is 2. The van der Waals surface area contributed by atoms with E-state index in [1.54, 1.807) is 0 Å². The van der Waals surface area contributed by atoms with Crippen LogP contribution in [0, 0.1) is 20.2 Å². The van der Waals surface area contributed by atoms with Crippen LogP contribution in [-0.2, 0) is 0 Å². The molecule has 31 heavy (non-hydrogen) atoms. The second-order valence-electron chi connectivity index (χ2n) is 6.05. The molecule has 13 heteroatoms. The van der Waals surface area contributed by atoms with Crippen molar-refractivity contribution in [1.82, 2.24) is 20.8 Å². The smallest absolute Gasteiger partial charge is 0.316 e. The Balaban J connectivity index is 1.50. The summed E-state index contributed by atoms with van der Waals surface area (Å²) < 4.78 is 4.87. The molecule has 0 aliphatic rings. The van der Waals surface area contributed by atoms with Crippen molar-refractivity contribution in [3.8, 4) is 11.4 Å². The molecule has 0 fully saturated rings. The van der Waals surface area contributed by atoms with Gasteiger partial charge in [-0.3, -0.25) is 29.8 Å². The molecule has 2 aromatic carbocycles. The van der Waals surface area contributed by atoms with Crippen molar-refractivity contribution in [3.05, 3.63) is 80.2 Å². The van der Waals surface area contributed by atoms with Gasteiger partial charge in [-0.1, -0.05) is 17.3 Å². The second kappa shape index (κ2) is 9.21. The van der Waals surface area contributed by atoms with Gasteiger partial charge < -0.3 is 15.2 Å². The van der Waals surface area contributed by atoms with Crippen LogP contribution in [0.25, 0.3) is 11.4 Å². The first-order valence-electron chi connectivity index (χ1n) is 8.74. The third-order valence-electron chi connectivity index (χ3n) is 3.97. The van der Waals surface area contributed by atoms with Crippen LogP contribution in [0.1, 0.15) is 21.0 Å². The normalized spacial score (nSPS) is 10.3. The molecular formula is C18H14N6O7. The molecule has 0 unspecified atom stereocenters. The lowest BCUT2D eigenvalue weighted by molar-refractivity contribution is -0.385. The second-order valence-corrected chi connectivity index (χ2v) is 6.05. The van der Waals surface area contributed by atoms with Gasteiger partial charge in [-0.15, -0.1) is 0 Å². The Labute approximate surface area is 173 Å². The maximum Gasteiger partial charge on any atom is 0.316 e. The Hall–Kier alpha value is -4.68. The highest BCUT2D eigenvalue weighted by atomic mass is 16.6. The molecule has 0 saturated heterocycles. The molecule has 0 saturated carbocycles. The molecular weight excluding hydrogens is 412 g/mol. The van der Waals surface area contributed by atoms with E-state index in [9.17, 15) is 29.8 Å². The zero-order valence-corrected chi connectivity index (χ0v) is 15.7. The summed E-state index contributed by atoms with van der Waals surface area (Å²) >= 11 is 0. The Bertz CT molecular complexity index is 1140. The molecule has 3 rings (SSSR count). The lowest BCUT2D eigenvalue weighted by Crippen LogP contribution is -2.34. The summed E-state index contributed by atoms with van der Waals surface area (Å²) in [5.41, 5.74) is 0.257. The van der Waals surface area contributed by atoms with Gasteiger partial charge in [0, 0.05) is 48.5 Å². The fraction of sp³-hybridized carbons (Fsp3) is 0.111. The van der Waals surface area contributed by atoms with Gasteiger partial charge in [0.25, 0.3) is 17.3 Å². The fourth-order valence-corrected chi connectivity index (χ4v) is 2.46. The van der Waals surface area contributed by atoms with E-state index < -0.39 is 21.7 Å². The van der Waals surface area contributed by atoms with Crippen LogP contribution in [0.3, 0.4) is 0 Å². The number of nitro benzene ring substituents is 2. The number of hydrogen-bond donors (Lipinski definition) is 2. The number of nitrogens with one attached hydrogen (secondary N) is 2. The molecule has 0 bridgehead atoms. The first-order chi connectivity index (χ1) is 14.8. The molecule has 158 valence electrons. The van der Waals surface area contributed by atoms with Gasteiger partial charge in [-0.2, -0.15) is 4.98 Å². The van der Waals surface area contributed by atoms with E-state index in [4.69, 9.17) is 4.52 Å². The largest absolute Gasteiger partial charge is 0.350 e. The highest BCUT2D eigenvalue weighted by molar-refractivity contribution is 5.94. The van der Waals surface area contributed by atoms with E-state index in [-0.39, 0.29) is 41.7 Å². The van der Waals surface area contributed by atoms with E-state index in [2.05, 4.69) is 20.8 Å². The number of non-ortho nitro benzene ring substituents is 2. The van der Waals surface area contributed by atoms with Crippen molar-refractivity contribution < 1.29 is 24.0 Å². The zero-order chi connectivity index (χ0) is 22.4. The molecule has 2 amide bonds. The lowest BCUT2D eigenvalue weighted by Gasteiger charge is -2.05. The predicted molar refractivity (Wildman–Crippen MR) is 104 cm³/mol. The van der Waals surface area contributed by atoms with Gasteiger partial charge in [0.1, 0.15) is 0 Å². The van der Waals surface area contributed by atoms with Gasteiger partial charge >= 0.3 is 11.8 Å². The monoisotopic (exact) mass is 426 g/mol. The number of nitro groups is 2. The lowest BCUT2D eigenvalue weighted by atomic mass is 10.2. The van der Waals surface area contributed by atoms with Gasteiger partial charge in [0.05, 0.1) is 9.85 Å². The number of hydrogen-bond acceptors (Lipinski definition) is 9. The average molecular weight is 426 g/mol. The van der Waals surface area contributed by atoms with Crippen molar-refractivity contribution in [3.63, 3.8) is 0 Å². The molecule has 0 aliphatic heterocycles. The molecule has 13 nitrogen and oxygen atoms in total. The standard InChI is InChI=1S/C18H14N6O7/c25-16(11-4-6-13(7-5-11)23(27)28)19-8-9-20-17(26)18-21-15(22-31-18)12-2-1-3-14(10-12)24(29)30/h1-7,10H,8-9H2,(H,19,25)(H,20,26). The Morgan fingerprint density at radius 2 is 1.55 bits per heavy atom. The van der Waals surface area contributed by atoms with Crippen LogP contribution in [0.15, 0.2) is 53.1 Å². The number of rotatable bonds is 8. The number of carbonyl (C=O) groups excluding carboxylic acids is 2. The molecule has 3 aromatic rings. The molecule has 0 atom stereocenters. The van der Waals surface area contributed by atoms with E-state index in [0.29, 0.717) is 5.56 Å². The number of nitrogens with zero attached hydrogens (tertiary/aromatic N) is 4. The van der Waals surface area contributed by atoms with Crippen molar-refractivity contribution in [2.75, 3.05) is 13.1 Å². The van der Waals surface area contributed by atoms with Crippen molar-refractivity contribution in [1.29, 1.82) is 0 Å². The van der Waals surface area contributed by atoms with Gasteiger partial charge in [0.2, 0.25) is 5.82 Å². The Kier molecular flexibility index (Phi) is 6.25. The first kappa shape index (κ1) is 21.0. The number of amides is 2. The number of aromatic nitrogens is 2. The van der Waals surface area contributed by atoms with Crippen molar-refractivity contribution >= 4 is 23.2 Å². The summed E-state index contributed by atoms with van der Waals surface area (Å²) in [6, 6.07) is 10.6. The summed E-state index contributed by atoms with van der Waals surface area (Å²) in [6.07, 6.45) is 0. The summed E-state index contributed by atoms with van der Waals surface area (Å²) in [5.74, 6) is -1.48. The fourth-order valence-electron chi connectivity index (χ4n) is 2.46. The van der Waals surface area contributed by atoms with E-state index >= 15 is 0 Å². The SMILES string of the molecule is O=C(NCCNC(=O)c1nc(-c2cccc([N+](=O)[O-])c2)no1)c1ccc([N+](=O)[O-])cc1. The minimum Gasteiger partial charge on any atom is -0.350 e. The molecule has 0 spiro atoms. The van der Waals surface area contributed by atoms with Gasteiger partial charge in [-0.05, 0) is 12.1 Å². The van der Waals surface area contributed by atoms with Crippen LogP contribution in [0.2, 0.25) is 0 Å². The van der Waals surface area contributed by atoms with Crippen LogP contribution in [0.5, 0.6) is 0 Å². The topological polar surface area (TPSA) is 183 Å².